The maximum atomic E-state index is 14.1. The van der Waals surface area contributed by atoms with E-state index in [1.165, 1.54) is 17.0 Å². The van der Waals surface area contributed by atoms with Gasteiger partial charge in [-0.3, -0.25) is 13.9 Å². The van der Waals surface area contributed by atoms with Gasteiger partial charge in [0.25, 0.3) is 10.0 Å². The van der Waals surface area contributed by atoms with E-state index < -0.39 is 28.5 Å². The summed E-state index contributed by atoms with van der Waals surface area (Å²) in [5.41, 5.74) is 2.10. The maximum Gasteiger partial charge on any atom is 0.264 e. The molecular formula is C31H39N3O5S. The number of carbonyl (C=O) groups excluding carboxylic acids is 2. The van der Waals surface area contributed by atoms with E-state index >= 15 is 0 Å². The molecule has 0 aliphatic rings. The average molecular weight is 566 g/mol. The van der Waals surface area contributed by atoms with Crippen LogP contribution in [-0.2, 0) is 26.2 Å². The SMILES string of the molecule is CCOc1ccccc1N(CC(=O)N(Cc1cccc(C)c1)[C@H](C)C(=O)N[C@H](C)CC)S(=O)(=O)c1ccccc1. The fourth-order valence-electron chi connectivity index (χ4n) is 4.23. The van der Waals surface area contributed by atoms with Crippen LogP contribution < -0.4 is 14.4 Å². The Kier molecular flexibility index (Phi) is 10.7. The first-order chi connectivity index (χ1) is 19.1. The van der Waals surface area contributed by atoms with Crippen molar-refractivity contribution in [1.29, 1.82) is 0 Å². The van der Waals surface area contributed by atoms with Crippen LogP contribution in [0.15, 0.2) is 83.8 Å². The summed E-state index contributed by atoms with van der Waals surface area (Å²) in [5, 5.41) is 2.94. The summed E-state index contributed by atoms with van der Waals surface area (Å²) in [7, 11) is -4.17. The Morgan fingerprint density at radius 1 is 0.925 bits per heavy atom. The molecule has 0 aliphatic carbocycles. The van der Waals surface area contributed by atoms with Crippen molar-refractivity contribution in [3.63, 3.8) is 0 Å². The van der Waals surface area contributed by atoms with Crippen molar-refractivity contribution >= 4 is 27.5 Å². The molecule has 8 nitrogen and oxygen atoms in total. The van der Waals surface area contributed by atoms with Crippen molar-refractivity contribution < 1.29 is 22.7 Å². The first-order valence-electron chi connectivity index (χ1n) is 13.5. The number of carbonyl (C=O) groups is 2. The lowest BCUT2D eigenvalue weighted by molar-refractivity contribution is -0.139. The summed E-state index contributed by atoms with van der Waals surface area (Å²) in [6.07, 6.45) is 0.738. The van der Waals surface area contributed by atoms with Crippen molar-refractivity contribution in [2.24, 2.45) is 0 Å². The second kappa shape index (κ2) is 14.0. The molecule has 0 spiro atoms. The monoisotopic (exact) mass is 565 g/mol. The highest BCUT2D eigenvalue weighted by molar-refractivity contribution is 7.92. The summed E-state index contributed by atoms with van der Waals surface area (Å²) < 4.78 is 34.7. The molecule has 2 atom stereocenters. The minimum atomic E-state index is -4.17. The molecule has 214 valence electrons. The van der Waals surface area contributed by atoms with Crippen LogP contribution in [0, 0.1) is 6.92 Å². The molecule has 9 heteroatoms. The number of ether oxygens (including phenoxy) is 1. The molecule has 3 aromatic rings. The largest absolute Gasteiger partial charge is 0.492 e. The molecule has 3 rings (SSSR count). The van der Waals surface area contributed by atoms with Gasteiger partial charge in [0.2, 0.25) is 11.8 Å². The van der Waals surface area contributed by atoms with Crippen LogP contribution in [0.5, 0.6) is 5.75 Å². The van der Waals surface area contributed by atoms with E-state index in [2.05, 4.69) is 5.32 Å². The Hall–Kier alpha value is -3.85. The predicted molar refractivity (Wildman–Crippen MR) is 158 cm³/mol. The van der Waals surface area contributed by atoms with Gasteiger partial charge in [-0.1, -0.05) is 67.1 Å². The molecule has 0 saturated heterocycles. The molecule has 0 saturated carbocycles. The smallest absolute Gasteiger partial charge is 0.264 e. The van der Waals surface area contributed by atoms with Gasteiger partial charge in [-0.25, -0.2) is 8.42 Å². The third-order valence-electron chi connectivity index (χ3n) is 6.65. The van der Waals surface area contributed by atoms with Gasteiger partial charge in [-0.2, -0.15) is 0 Å². The van der Waals surface area contributed by atoms with E-state index in [0.29, 0.717) is 12.4 Å². The van der Waals surface area contributed by atoms with Gasteiger partial charge >= 0.3 is 0 Å². The van der Waals surface area contributed by atoms with Gasteiger partial charge in [0.05, 0.1) is 17.2 Å². The molecule has 0 bridgehead atoms. The third-order valence-corrected chi connectivity index (χ3v) is 8.42. The number of hydrogen-bond donors (Lipinski definition) is 1. The van der Waals surface area contributed by atoms with Crippen LogP contribution in [0.25, 0.3) is 0 Å². The fraction of sp³-hybridized carbons (Fsp3) is 0.355. The summed E-state index contributed by atoms with van der Waals surface area (Å²) in [6.45, 7) is 9.22. The Bertz CT molecular complexity index is 1390. The Morgan fingerprint density at radius 2 is 1.60 bits per heavy atom. The molecule has 1 N–H and O–H groups in total. The molecule has 2 amide bonds. The van der Waals surface area contributed by atoms with E-state index in [9.17, 15) is 18.0 Å². The molecule has 0 unspecified atom stereocenters. The van der Waals surface area contributed by atoms with Gasteiger partial charge in [0.1, 0.15) is 18.3 Å². The summed E-state index contributed by atoms with van der Waals surface area (Å²) in [5.74, 6) is -0.480. The lowest BCUT2D eigenvalue weighted by Gasteiger charge is -2.33. The number of amides is 2. The maximum absolute atomic E-state index is 14.1. The number of anilines is 1. The number of rotatable bonds is 13. The van der Waals surface area contributed by atoms with Crippen LogP contribution in [0.3, 0.4) is 0 Å². The molecule has 0 radical (unpaired) electrons. The summed E-state index contributed by atoms with van der Waals surface area (Å²) in [4.78, 5) is 28.7. The molecule has 0 fully saturated rings. The number of nitrogens with zero attached hydrogens (tertiary/aromatic N) is 2. The van der Waals surface area contributed by atoms with Crippen LogP contribution in [0.1, 0.15) is 45.2 Å². The second-order valence-electron chi connectivity index (χ2n) is 9.73. The van der Waals surface area contributed by atoms with Gasteiger partial charge in [0, 0.05) is 12.6 Å². The Morgan fingerprint density at radius 3 is 2.25 bits per heavy atom. The normalized spacial score (nSPS) is 12.7. The highest BCUT2D eigenvalue weighted by Gasteiger charge is 2.34. The number of hydrogen-bond acceptors (Lipinski definition) is 5. The Labute approximate surface area is 238 Å². The van der Waals surface area contributed by atoms with E-state index in [0.717, 1.165) is 21.9 Å². The molecule has 40 heavy (non-hydrogen) atoms. The van der Waals surface area contributed by atoms with E-state index in [4.69, 9.17) is 4.74 Å². The zero-order valence-electron chi connectivity index (χ0n) is 23.8. The number of para-hydroxylation sites is 2. The predicted octanol–water partition coefficient (Wildman–Crippen LogP) is 4.92. The number of aryl methyl sites for hydroxylation is 1. The first kappa shape index (κ1) is 30.7. The average Bonchev–Trinajstić information content (AvgIpc) is 2.95. The van der Waals surface area contributed by atoms with Gasteiger partial charge in [-0.15, -0.1) is 0 Å². The molecule has 3 aromatic carbocycles. The topological polar surface area (TPSA) is 96.0 Å². The summed E-state index contributed by atoms with van der Waals surface area (Å²) >= 11 is 0. The lowest BCUT2D eigenvalue weighted by Crippen LogP contribution is -2.52. The molecule has 0 heterocycles. The Balaban J connectivity index is 2.06. The summed E-state index contributed by atoms with van der Waals surface area (Å²) in [6, 6.07) is 21.5. The minimum absolute atomic E-state index is 0.0434. The molecule has 0 aliphatic heterocycles. The van der Waals surface area contributed by atoms with E-state index in [1.807, 2.05) is 45.0 Å². The molecular weight excluding hydrogens is 526 g/mol. The van der Waals surface area contributed by atoms with Gasteiger partial charge < -0.3 is 15.0 Å². The third kappa shape index (κ3) is 7.63. The standard InChI is InChI=1S/C31H39N3O5S/c1-6-24(4)32-31(36)25(5)33(21-26-15-13-14-23(3)20-26)30(35)22-34(28-18-11-12-19-29(28)39-7-2)40(37,38)27-16-9-8-10-17-27/h8-20,24-25H,6-7,21-22H2,1-5H3,(H,32,36)/t24-,25-/m1/s1. The van der Waals surface area contributed by atoms with Crippen LogP contribution in [0.2, 0.25) is 0 Å². The van der Waals surface area contributed by atoms with Gasteiger partial charge in [0.15, 0.2) is 0 Å². The number of benzene rings is 3. The quantitative estimate of drug-likeness (QED) is 0.317. The highest BCUT2D eigenvalue weighted by atomic mass is 32.2. The van der Waals surface area contributed by atoms with Crippen LogP contribution >= 0.6 is 0 Å². The number of nitrogens with one attached hydrogen (secondary N) is 1. The van der Waals surface area contributed by atoms with Crippen molar-refractivity contribution in [1.82, 2.24) is 10.2 Å². The van der Waals surface area contributed by atoms with E-state index in [1.54, 1.807) is 56.3 Å². The van der Waals surface area contributed by atoms with Gasteiger partial charge in [-0.05, 0) is 63.9 Å². The van der Waals surface area contributed by atoms with E-state index in [-0.39, 0.29) is 29.1 Å². The highest BCUT2D eigenvalue weighted by Crippen LogP contribution is 2.32. The van der Waals surface area contributed by atoms with Crippen molar-refractivity contribution in [3.05, 3.63) is 90.0 Å². The van der Waals surface area contributed by atoms with Crippen molar-refractivity contribution in [3.8, 4) is 5.75 Å². The second-order valence-corrected chi connectivity index (χ2v) is 11.6. The zero-order chi connectivity index (χ0) is 29.3. The first-order valence-corrected chi connectivity index (χ1v) is 15.0. The fourth-order valence-corrected chi connectivity index (χ4v) is 5.67. The molecule has 0 aromatic heterocycles. The number of sulfonamides is 1. The lowest BCUT2D eigenvalue weighted by atomic mass is 10.1. The van der Waals surface area contributed by atoms with Crippen LogP contribution in [-0.4, -0.2) is 50.4 Å². The minimum Gasteiger partial charge on any atom is -0.492 e. The van der Waals surface area contributed by atoms with Crippen molar-refractivity contribution in [2.45, 2.75) is 64.6 Å². The zero-order valence-corrected chi connectivity index (χ0v) is 24.6. The van der Waals surface area contributed by atoms with Crippen LogP contribution in [0.4, 0.5) is 5.69 Å². The van der Waals surface area contributed by atoms with Crippen molar-refractivity contribution in [2.75, 3.05) is 17.5 Å².